The van der Waals surface area contributed by atoms with Crippen LogP contribution >= 0.6 is 0 Å². The van der Waals surface area contributed by atoms with Crippen molar-refractivity contribution < 1.29 is 14.3 Å². The summed E-state index contributed by atoms with van der Waals surface area (Å²) in [6, 6.07) is 13.7. The fraction of sp³-hybridized carbons (Fsp3) is 0.320. The second kappa shape index (κ2) is 8.49. The summed E-state index contributed by atoms with van der Waals surface area (Å²) in [6.07, 6.45) is 3.75. The van der Waals surface area contributed by atoms with Crippen LogP contribution in [0.15, 0.2) is 60.1 Å². The Kier molecular flexibility index (Phi) is 5.39. The molecule has 2 aliphatic rings. The zero-order valence-electron chi connectivity index (χ0n) is 18.3. The predicted molar refractivity (Wildman–Crippen MR) is 121 cm³/mol. The highest BCUT2D eigenvalue weighted by Gasteiger charge is 2.36. The van der Waals surface area contributed by atoms with Crippen molar-refractivity contribution in [1.29, 1.82) is 0 Å². The first kappa shape index (κ1) is 20.3. The molecule has 1 aromatic heterocycles. The molecule has 164 valence electrons. The van der Waals surface area contributed by atoms with Gasteiger partial charge in [-0.15, -0.1) is 0 Å². The van der Waals surface area contributed by atoms with Gasteiger partial charge in [0, 0.05) is 17.7 Å². The lowest BCUT2D eigenvalue weighted by Crippen LogP contribution is -2.31. The molecule has 2 heterocycles. The summed E-state index contributed by atoms with van der Waals surface area (Å²) in [7, 11) is 0. The Bertz CT molecular complexity index is 1200. The van der Waals surface area contributed by atoms with Crippen LogP contribution in [0.2, 0.25) is 0 Å². The summed E-state index contributed by atoms with van der Waals surface area (Å²) in [4.78, 5) is 17.2. The summed E-state index contributed by atoms with van der Waals surface area (Å²) >= 11 is 0. The van der Waals surface area contributed by atoms with Crippen LogP contribution in [0.25, 0.3) is 0 Å². The number of allylic oxidation sites excluding steroid dienone is 2. The molecule has 1 unspecified atom stereocenters. The van der Waals surface area contributed by atoms with Gasteiger partial charge in [-0.3, -0.25) is 4.79 Å². The number of Topliss-reactive ketones (excluding diaryl/α,β-unsaturated/α-hetero) is 1. The molecule has 0 spiro atoms. The number of fused-ring (bicyclic) bond motifs is 1. The van der Waals surface area contributed by atoms with Crippen LogP contribution < -0.4 is 14.8 Å². The normalized spacial score (nSPS) is 17.4. The number of nitrogens with one attached hydrogen (secondary N) is 1. The number of carbonyl (C=O) groups is 1. The number of anilines is 1. The minimum absolute atomic E-state index is 0.155. The molecule has 5 rings (SSSR count). The van der Waals surface area contributed by atoms with E-state index in [1.165, 1.54) is 11.9 Å². The van der Waals surface area contributed by atoms with Crippen LogP contribution in [0.1, 0.15) is 48.9 Å². The largest absolute Gasteiger partial charge is 0.490 e. The van der Waals surface area contributed by atoms with Crippen molar-refractivity contribution in [2.75, 3.05) is 11.9 Å². The van der Waals surface area contributed by atoms with Crippen LogP contribution in [0, 0.1) is 6.92 Å². The molecule has 32 heavy (non-hydrogen) atoms. The summed E-state index contributed by atoms with van der Waals surface area (Å²) in [5.74, 6) is 2.14. The molecule has 0 radical (unpaired) electrons. The maximum atomic E-state index is 12.9. The van der Waals surface area contributed by atoms with E-state index in [4.69, 9.17) is 9.47 Å². The van der Waals surface area contributed by atoms with Gasteiger partial charge in [0.05, 0.1) is 6.61 Å². The molecular weight excluding hydrogens is 404 g/mol. The monoisotopic (exact) mass is 430 g/mol. The first-order valence-corrected chi connectivity index (χ1v) is 11.0. The van der Waals surface area contributed by atoms with Gasteiger partial charge < -0.3 is 14.8 Å². The van der Waals surface area contributed by atoms with E-state index in [1.54, 1.807) is 4.68 Å². The topological polar surface area (TPSA) is 78.3 Å². The molecule has 0 fully saturated rings. The van der Waals surface area contributed by atoms with Gasteiger partial charge in [0.15, 0.2) is 17.3 Å². The van der Waals surface area contributed by atoms with Crippen molar-refractivity contribution in [2.45, 2.75) is 45.8 Å². The summed E-state index contributed by atoms with van der Waals surface area (Å²) < 4.78 is 13.8. The van der Waals surface area contributed by atoms with E-state index in [2.05, 4.69) is 34.5 Å². The molecule has 0 bridgehead atoms. The number of aromatic nitrogens is 3. The first-order valence-electron chi connectivity index (χ1n) is 11.0. The van der Waals surface area contributed by atoms with Crippen molar-refractivity contribution >= 4 is 11.7 Å². The number of aryl methyl sites for hydroxylation is 1. The Labute approximate surface area is 187 Å². The summed E-state index contributed by atoms with van der Waals surface area (Å²) in [5, 5.41) is 7.70. The van der Waals surface area contributed by atoms with Gasteiger partial charge in [-0.25, -0.2) is 4.68 Å². The Balaban J connectivity index is 1.51. The third kappa shape index (κ3) is 3.64. The molecule has 0 saturated carbocycles. The first-order chi connectivity index (χ1) is 15.7. The van der Waals surface area contributed by atoms with Crippen LogP contribution in [0.4, 0.5) is 5.95 Å². The van der Waals surface area contributed by atoms with E-state index >= 15 is 0 Å². The number of ether oxygens (including phenoxy) is 2. The van der Waals surface area contributed by atoms with Gasteiger partial charge in [-0.1, -0.05) is 30.3 Å². The number of nitrogens with zero attached hydrogens (tertiary/aromatic N) is 3. The highest BCUT2D eigenvalue weighted by Crippen LogP contribution is 2.41. The minimum atomic E-state index is -0.332. The summed E-state index contributed by atoms with van der Waals surface area (Å²) in [5.41, 5.74) is 4.96. The zero-order valence-corrected chi connectivity index (χ0v) is 18.3. The number of hydrogen-bond donors (Lipinski definition) is 1. The lowest BCUT2D eigenvalue weighted by molar-refractivity contribution is -0.116. The van der Waals surface area contributed by atoms with E-state index in [-0.39, 0.29) is 11.8 Å². The van der Waals surface area contributed by atoms with E-state index < -0.39 is 0 Å². The lowest BCUT2D eigenvalue weighted by Gasteiger charge is -2.32. The second-order valence-electron chi connectivity index (χ2n) is 8.08. The van der Waals surface area contributed by atoms with Gasteiger partial charge in [0.1, 0.15) is 19.0 Å². The number of benzene rings is 2. The molecule has 0 saturated heterocycles. The van der Waals surface area contributed by atoms with Crippen molar-refractivity contribution in [3.63, 3.8) is 0 Å². The highest BCUT2D eigenvalue weighted by atomic mass is 16.5. The smallest absolute Gasteiger partial charge is 0.226 e. The third-order valence-electron chi connectivity index (χ3n) is 6.04. The fourth-order valence-corrected chi connectivity index (χ4v) is 4.41. The predicted octanol–water partition coefficient (Wildman–Crippen LogP) is 4.59. The second-order valence-corrected chi connectivity index (χ2v) is 8.08. The minimum Gasteiger partial charge on any atom is -0.490 e. The molecule has 7 nitrogen and oxygen atoms in total. The Morgan fingerprint density at radius 1 is 1.12 bits per heavy atom. The maximum absolute atomic E-state index is 12.9. The molecular formula is C25H26N4O3. The summed E-state index contributed by atoms with van der Waals surface area (Å²) in [6.45, 7) is 4.99. The van der Waals surface area contributed by atoms with E-state index in [9.17, 15) is 4.79 Å². The third-order valence-corrected chi connectivity index (χ3v) is 6.04. The van der Waals surface area contributed by atoms with Crippen molar-refractivity contribution in [1.82, 2.24) is 14.8 Å². The molecule has 0 amide bonds. The average Bonchev–Trinajstić information content (AvgIpc) is 3.26. The van der Waals surface area contributed by atoms with Crippen LogP contribution in [0.5, 0.6) is 11.5 Å². The molecule has 2 aromatic carbocycles. The van der Waals surface area contributed by atoms with Crippen molar-refractivity contribution in [3.8, 4) is 11.5 Å². The zero-order chi connectivity index (χ0) is 22.1. The molecule has 1 aliphatic heterocycles. The van der Waals surface area contributed by atoms with Gasteiger partial charge in [0.2, 0.25) is 5.95 Å². The van der Waals surface area contributed by atoms with Crippen LogP contribution in [0.3, 0.4) is 0 Å². The Morgan fingerprint density at radius 3 is 2.84 bits per heavy atom. The lowest BCUT2D eigenvalue weighted by atomic mass is 9.85. The van der Waals surface area contributed by atoms with E-state index in [0.29, 0.717) is 37.1 Å². The fourth-order valence-electron chi connectivity index (χ4n) is 4.41. The quantitative estimate of drug-likeness (QED) is 0.616. The van der Waals surface area contributed by atoms with Crippen molar-refractivity contribution in [3.05, 3.63) is 76.8 Å². The SMILES string of the molecule is CCOc1cc(C2C3=C(CCCC3=O)Nc3ncnn32)ccc1OCc1ccccc1C. The van der Waals surface area contributed by atoms with Gasteiger partial charge in [0.25, 0.3) is 0 Å². The number of ketones is 1. The van der Waals surface area contributed by atoms with Gasteiger partial charge in [-0.2, -0.15) is 10.1 Å². The molecule has 7 heteroatoms. The van der Waals surface area contributed by atoms with Crippen LogP contribution in [-0.2, 0) is 11.4 Å². The van der Waals surface area contributed by atoms with Gasteiger partial charge in [-0.05, 0) is 55.5 Å². The average molecular weight is 431 g/mol. The molecule has 3 aromatic rings. The number of carbonyl (C=O) groups excluding carboxylic acids is 1. The molecule has 1 atom stereocenters. The molecule has 1 N–H and O–H groups in total. The Morgan fingerprint density at radius 2 is 2.00 bits per heavy atom. The Hall–Kier alpha value is -3.61. The van der Waals surface area contributed by atoms with Gasteiger partial charge >= 0.3 is 0 Å². The standard InChI is InChI=1S/C25H26N4O3/c1-3-31-22-13-17(11-12-21(22)32-14-18-8-5-4-7-16(18)2)24-23-19(9-6-10-20(23)30)28-25-26-15-27-29(24)25/h4-5,7-8,11-13,15,24H,3,6,9-10,14H2,1-2H3,(H,26,27,28). The number of rotatable bonds is 6. The van der Waals surface area contributed by atoms with E-state index in [1.807, 2.05) is 37.3 Å². The van der Waals surface area contributed by atoms with Crippen molar-refractivity contribution in [2.24, 2.45) is 0 Å². The van der Waals surface area contributed by atoms with Crippen LogP contribution in [-0.4, -0.2) is 27.2 Å². The highest BCUT2D eigenvalue weighted by molar-refractivity contribution is 5.99. The molecule has 1 aliphatic carbocycles. The maximum Gasteiger partial charge on any atom is 0.226 e. The number of hydrogen-bond acceptors (Lipinski definition) is 6. The van der Waals surface area contributed by atoms with E-state index in [0.717, 1.165) is 35.2 Å².